The molecule has 0 unspecified atom stereocenters. The van der Waals surface area contributed by atoms with Crippen LogP contribution in [-0.4, -0.2) is 74.6 Å². The van der Waals surface area contributed by atoms with Crippen LogP contribution in [0.5, 0.6) is 11.5 Å². The molecule has 5 rings (SSSR count). The van der Waals surface area contributed by atoms with E-state index in [1.807, 2.05) is 54.6 Å². The fourth-order valence-corrected chi connectivity index (χ4v) is 5.16. The van der Waals surface area contributed by atoms with Crippen LogP contribution in [0.15, 0.2) is 60.7 Å². The van der Waals surface area contributed by atoms with E-state index in [0.29, 0.717) is 52.4 Å². The van der Waals surface area contributed by atoms with Crippen molar-refractivity contribution in [2.45, 2.75) is 12.8 Å². The molecule has 10 nitrogen and oxygen atoms in total. The Morgan fingerprint density at radius 3 is 2.05 bits per heavy atom. The molecule has 0 saturated carbocycles. The van der Waals surface area contributed by atoms with Crippen molar-refractivity contribution in [2.24, 2.45) is 5.92 Å². The van der Waals surface area contributed by atoms with E-state index in [1.165, 1.54) is 0 Å². The van der Waals surface area contributed by atoms with Gasteiger partial charge in [-0.1, -0.05) is 24.3 Å². The molecule has 0 aliphatic carbocycles. The third-order valence-corrected chi connectivity index (χ3v) is 7.69. The summed E-state index contributed by atoms with van der Waals surface area (Å²) in [5, 5.41) is 3.81. The molecule has 10 heteroatoms. The predicted octanol–water partition coefficient (Wildman–Crippen LogP) is 4.24. The van der Waals surface area contributed by atoms with E-state index in [0.717, 1.165) is 42.4 Å². The minimum absolute atomic E-state index is 0.0339. The first-order valence-corrected chi connectivity index (χ1v) is 13.9. The Hall–Kier alpha value is -4.86. The van der Waals surface area contributed by atoms with E-state index in [9.17, 15) is 9.59 Å². The van der Waals surface area contributed by atoms with Crippen LogP contribution in [0.4, 0.5) is 11.8 Å². The van der Waals surface area contributed by atoms with E-state index in [-0.39, 0.29) is 11.8 Å². The number of carbonyl (C=O) groups excluding carboxylic acids is 2. The Balaban J connectivity index is 1.15. The van der Waals surface area contributed by atoms with Crippen molar-refractivity contribution >= 4 is 34.5 Å². The number of hydrogen-bond donors (Lipinski definition) is 2. The van der Waals surface area contributed by atoms with Gasteiger partial charge in [0.2, 0.25) is 5.95 Å². The van der Waals surface area contributed by atoms with Crippen LogP contribution in [0.1, 0.15) is 33.6 Å². The molecule has 2 amide bonds. The largest absolute Gasteiger partial charge is 0.493 e. The van der Waals surface area contributed by atoms with E-state index in [4.69, 9.17) is 20.2 Å². The van der Waals surface area contributed by atoms with Crippen molar-refractivity contribution in [3.63, 3.8) is 0 Å². The van der Waals surface area contributed by atoms with Gasteiger partial charge in [0.15, 0.2) is 11.5 Å². The lowest BCUT2D eigenvalue weighted by Gasteiger charge is -2.32. The van der Waals surface area contributed by atoms with Gasteiger partial charge in [0, 0.05) is 56.3 Å². The SMILES string of the molecule is COc1cc2nc(N3CCC(CNC(=O)c4ccc(-c5ccc(C(=O)N(C)C)cc5)cc4)CC3)nc(N)c2cc1OC. The summed E-state index contributed by atoms with van der Waals surface area (Å²) >= 11 is 0. The number of amides is 2. The van der Waals surface area contributed by atoms with Gasteiger partial charge in [-0.25, -0.2) is 4.98 Å². The number of anilines is 2. The number of aromatic nitrogens is 2. The number of ether oxygens (including phenoxy) is 2. The zero-order valence-corrected chi connectivity index (χ0v) is 24.4. The fourth-order valence-electron chi connectivity index (χ4n) is 5.16. The maximum absolute atomic E-state index is 12.8. The van der Waals surface area contributed by atoms with Crippen molar-refractivity contribution in [3.8, 4) is 22.6 Å². The summed E-state index contributed by atoms with van der Waals surface area (Å²) in [5.74, 6) is 2.39. The summed E-state index contributed by atoms with van der Waals surface area (Å²) in [5.41, 5.74) is 10.2. The lowest BCUT2D eigenvalue weighted by molar-refractivity contribution is 0.0827. The number of carbonyl (C=O) groups is 2. The minimum Gasteiger partial charge on any atom is -0.493 e. The number of fused-ring (bicyclic) bond motifs is 1. The van der Waals surface area contributed by atoms with Gasteiger partial charge in [0.25, 0.3) is 11.8 Å². The van der Waals surface area contributed by atoms with E-state index in [1.54, 1.807) is 39.3 Å². The number of hydrogen-bond acceptors (Lipinski definition) is 8. The fraction of sp³-hybridized carbons (Fsp3) is 0.312. The smallest absolute Gasteiger partial charge is 0.253 e. The number of nitrogens with one attached hydrogen (secondary N) is 1. The zero-order valence-electron chi connectivity index (χ0n) is 24.4. The van der Waals surface area contributed by atoms with Gasteiger partial charge in [-0.3, -0.25) is 9.59 Å². The molecule has 0 bridgehead atoms. The van der Waals surface area contributed by atoms with Gasteiger partial charge in [0.1, 0.15) is 5.82 Å². The van der Waals surface area contributed by atoms with Crippen LogP contribution < -0.4 is 25.4 Å². The highest BCUT2D eigenvalue weighted by atomic mass is 16.5. The van der Waals surface area contributed by atoms with Gasteiger partial charge in [-0.15, -0.1) is 0 Å². The van der Waals surface area contributed by atoms with Gasteiger partial charge < -0.3 is 30.3 Å². The molecule has 0 radical (unpaired) electrons. The monoisotopic (exact) mass is 568 g/mol. The molecule has 1 saturated heterocycles. The molecule has 0 spiro atoms. The topological polar surface area (TPSA) is 123 Å². The first-order chi connectivity index (χ1) is 20.3. The molecular weight excluding hydrogens is 532 g/mol. The van der Waals surface area contributed by atoms with Crippen molar-refractivity contribution in [3.05, 3.63) is 71.8 Å². The van der Waals surface area contributed by atoms with Crippen LogP contribution in [0.3, 0.4) is 0 Å². The molecule has 2 heterocycles. The summed E-state index contributed by atoms with van der Waals surface area (Å²) < 4.78 is 10.8. The van der Waals surface area contributed by atoms with Crippen molar-refractivity contribution in [1.82, 2.24) is 20.2 Å². The number of nitrogen functional groups attached to an aromatic ring is 1. The van der Waals surface area contributed by atoms with E-state index in [2.05, 4.69) is 15.2 Å². The maximum atomic E-state index is 12.8. The third kappa shape index (κ3) is 6.07. The Morgan fingerprint density at radius 2 is 1.48 bits per heavy atom. The summed E-state index contributed by atoms with van der Waals surface area (Å²) in [6.45, 7) is 2.15. The van der Waals surface area contributed by atoms with Crippen molar-refractivity contribution in [1.29, 1.82) is 0 Å². The standard InChI is InChI=1S/C32H36N6O4/c1-37(2)31(40)24-11-7-22(8-12-24)21-5-9-23(10-6-21)30(39)34-19-20-13-15-38(16-14-20)32-35-26-18-28(42-4)27(41-3)17-25(26)29(33)36-32/h5-12,17-18,20H,13-16,19H2,1-4H3,(H,34,39)(H2,33,35,36). The number of nitrogens with two attached hydrogens (primary N) is 1. The lowest BCUT2D eigenvalue weighted by atomic mass is 9.96. The highest BCUT2D eigenvalue weighted by molar-refractivity contribution is 5.95. The van der Waals surface area contributed by atoms with Gasteiger partial charge in [0.05, 0.1) is 19.7 Å². The van der Waals surface area contributed by atoms with Crippen LogP contribution in [-0.2, 0) is 0 Å². The average molecular weight is 569 g/mol. The van der Waals surface area contributed by atoms with Crippen LogP contribution in [0.25, 0.3) is 22.0 Å². The average Bonchev–Trinajstić information content (AvgIpc) is 3.03. The first-order valence-electron chi connectivity index (χ1n) is 13.9. The quantitative estimate of drug-likeness (QED) is 0.324. The number of piperidine rings is 1. The van der Waals surface area contributed by atoms with Crippen molar-refractivity contribution in [2.75, 3.05) is 58.6 Å². The molecule has 3 N–H and O–H groups in total. The van der Waals surface area contributed by atoms with Crippen LogP contribution in [0.2, 0.25) is 0 Å². The van der Waals surface area contributed by atoms with E-state index >= 15 is 0 Å². The molecule has 1 fully saturated rings. The summed E-state index contributed by atoms with van der Waals surface area (Å²) in [4.78, 5) is 38.0. The molecule has 42 heavy (non-hydrogen) atoms. The molecule has 3 aromatic carbocycles. The highest BCUT2D eigenvalue weighted by Gasteiger charge is 2.23. The molecule has 1 aromatic heterocycles. The molecule has 4 aromatic rings. The number of rotatable bonds is 8. The number of nitrogens with zero attached hydrogens (tertiary/aromatic N) is 4. The zero-order chi connectivity index (χ0) is 29.8. The molecular formula is C32H36N6O4. The molecule has 0 atom stereocenters. The molecule has 1 aliphatic heterocycles. The summed E-state index contributed by atoms with van der Waals surface area (Å²) in [6.07, 6.45) is 1.80. The number of methoxy groups -OCH3 is 2. The lowest BCUT2D eigenvalue weighted by Crippen LogP contribution is -2.39. The van der Waals surface area contributed by atoms with Crippen molar-refractivity contribution < 1.29 is 19.1 Å². The van der Waals surface area contributed by atoms with Crippen LogP contribution >= 0.6 is 0 Å². The minimum atomic E-state index is -0.0917. The third-order valence-electron chi connectivity index (χ3n) is 7.69. The normalized spacial score (nSPS) is 13.6. The molecule has 1 aliphatic rings. The Labute approximate surface area is 245 Å². The van der Waals surface area contributed by atoms with Crippen LogP contribution in [0, 0.1) is 5.92 Å². The Morgan fingerprint density at radius 1 is 0.905 bits per heavy atom. The second kappa shape index (κ2) is 12.3. The number of benzene rings is 3. The van der Waals surface area contributed by atoms with Gasteiger partial charge in [-0.05, 0) is 60.2 Å². The first kappa shape index (κ1) is 28.7. The predicted molar refractivity (Wildman–Crippen MR) is 164 cm³/mol. The second-order valence-corrected chi connectivity index (χ2v) is 10.6. The molecule has 218 valence electrons. The Bertz CT molecular complexity index is 1580. The second-order valence-electron chi connectivity index (χ2n) is 10.6. The van der Waals surface area contributed by atoms with E-state index < -0.39 is 0 Å². The highest BCUT2D eigenvalue weighted by Crippen LogP contribution is 2.34. The Kier molecular flexibility index (Phi) is 8.42. The van der Waals surface area contributed by atoms with Gasteiger partial charge in [-0.2, -0.15) is 4.98 Å². The van der Waals surface area contributed by atoms with Gasteiger partial charge >= 0.3 is 0 Å². The maximum Gasteiger partial charge on any atom is 0.253 e. The summed E-state index contributed by atoms with van der Waals surface area (Å²) in [6, 6.07) is 18.6. The summed E-state index contributed by atoms with van der Waals surface area (Å²) in [7, 11) is 6.63.